The summed E-state index contributed by atoms with van der Waals surface area (Å²) in [7, 11) is 6.46. The molecule has 182 valence electrons. The average Bonchev–Trinajstić information content (AvgIpc) is 3.48. The van der Waals surface area contributed by atoms with Crippen molar-refractivity contribution in [2.75, 3.05) is 34.9 Å². The fourth-order valence-corrected chi connectivity index (χ4v) is 5.57. The van der Waals surface area contributed by atoms with Crippen LogP contribution < -0.4 is 19.5 Å². The molecule has 3 unspecified atom stereocenters. The second kappa shape index (κ2) is 9.13. The molecule has 2 aliphatic heterocycles. The van der Waals surface area contributed by atoms with Gasteiger partial charge in [-0.05, 0) is 58.0 Å². The summed E-state index contributed by atoms with van der Waals surface area (Å²) in [5.41, 5.74) is 2.96. The Morgan fingerprint density at radius 3 is 2.26 bits per heavy atom. The fourth-order valence-electron chi connectivity index (χ4n) is 5.57. The number of nitrogens with one attached hydrogen (secondary N) is 1. The molecule has 7 nitrogen and oxygen atoms in total. The summed E-state index contributed by atoms with van der Waals surface area (Å²) >= 11 is 0. The van der Waals surface area contributed by atoms with Crippen LogP contribution in [0.5, 0.6) is 17.2 Å². The molecule has 1 aliphatic carbocycles. The first kappa shape index (κ1) is 23.0. The predicted octanol–water partition coefficient (Wildman–Crippen LogP) is 3.67. The third-order valence-corrected chi connectivity index (χ3v) is 7.43. The molecule has 7 heteroatoms. The van der Waals surface area contributed by atoms with Gasteiger partial charge in [0.15, 0.2) is 11.5 Å². The number of carbonyl (C=O) groups is 2. The largest absolute Gasteiger partial charge is 0.493 e. The summed E-state index contributed by atoms with van der Waals surface area (Å²) in [5, 5.41) is 4.88. The van der Waals surface area contributed by atoms with Crippen LogP contribution >= 0.6 is 0 Å². The summed E-state index contributed by atoms with van der Waals surface area (Å²) in [6.45, 7) is 0.688. The lowest BCUT2D eigenvalue weighted by Gasteiger charge is -2.34. The predicted molar refractivity (Wildman–Crippen MR) is 134 cm³/mol. The molecule has 2 heterocycles. The molecule has 2 amide bonds. The van der Waals surface area contributed by atoms with Gasteiger partial charge in [-0.25, -0.2) is 0 Å². The van der Waals surface area contributed by atoms with Crippen LogP contribution in [0.25, 0.3) is 21.9 Å². The molecular weight excluding hydrogens is 444 g/mol. The molecule has 2 saturated heterocycles. The van der Waals surface area contributed by atoms with Crippen molar-refractivity contribution in [2.24, 2.45) is 11.8 Å². The van der Waals surface area contributed by atoms with Crippen molar-refractivity contribution in [3.8, 4) is 28.4 Å². The lowest BCUT2D eigenvalue weighted by molar-refractivity contribution is -0.134. The van der Waals surface area contributed by atoms with E-state index in [1.165, 1.54) is 0 Å². The van der Waals surface area contributed by atoms with E-state index in [0.717, 1.165) is 33.9 Å². The van der Waals surface area contributed by atoms with Crippen molar-refractivity contribution in [1.29, 1.82) is 0 Å². The molecule has 35 heavy (non-hydrogen) atoms. The van der Waals surface area contributed by atoms with E-state index in [4.69, 9.17) is 14.2 Å². The van der Waals surface area contributed by atoms with Gasteiger partial charge in [0.2, 0.25) is 17.6 Å². The summed E-state index contributed by atoms with van der Waals surface area (Å²) in [6.07, 6.45) is 1.28. The van der Waals surface area contributed by atoms with Crippen molar-refractivity contribution >= 4 is 22.6 Å². The lowest BCUT2D eigenvalue weighted by atomic mass is 9.73. The Balaban J connectivity index is 1.36. The molecule has 3 aromatic carbocycles. The van der Waals surface area contributed by atoms with Gasteiger partial charge in [-0.2, -0.15) is 0 Å². The van der Waals surface area contributed by atoms with Gasteiger partial charge in [0.1, 0.15) is 0 Å². The Morgan fingerprint density at radius 1 is 0.914 bits per heavy atom. The Morgan fingerprint density at radius 2 is 1.60 bits per heavy atom. The van der Waals surface area contributed by atoms with Crippen LogP contribution in [0.1, 0.15) is 12.0 Å². The second-order valence-electron chi connectivity index (χ2n) is 9.24. The summed E-state index contributed by atoms with van der Waals surface area (Å²) in [4.78, 5) is 27.0. The highest BCUT2D eigenvalue weighted by Gasteiger charge is 2.56. The van der Waals surface area contributed by atoms with Gasteiger partial charge in [0, 0.05) is 19.6 Å². The van der Waals surface area contributed by atoms with Crippen LogP contribution in [0.3, 0.4) is 0 Å². The minimum atomic E-state index is -0.0471. The number of rotatable bonds is 7. The Bertz CT molecular complexity index is 1280. The number of ether oxygens (including phenoxy) is 3. The summed E-state index contributed by atoms with van der Waals surface area (Å²) in [5.74, 6) is 2.17. The Hall–Kier alpha value is -3.74. The molecular formula is C28H30N2O5. The molecule has 0 aromatic heterocycles. The van der Waals surface area contributed by atoms with Crippen molar-refractivity contribution in [3.63, 3.8) is 0 Å². The number of hydrogen-bond acceptors (Lipinski definition) is 5. The fraction of sp³-hybridized carbons (Fsp3) is 0.357. The second-order valence-corrected chi connectivity index (χ2v) is 9.24. The van der Waals surface area contributed by atoms with E-state index in [1.807, 2.05) is 23.1 Å². The Labute approximate surface area is 205 Å². The lowest BCUT2D eigenvalue weighted by Crippen LogP contribution is -2.48. The maximum Gasteiger partial charge on any atom is 0.227 e. The smallest absolute Gasteiger partial charge is 0.227 e. The van der Waals surface area contributed by atoms with Crippen LogP contribution in [0.4, 0.5) is 0 Å². The zero-order valence-electron chi connectivity index (χ0n) is 20.5. The van der Waals surface area contributed by atoms with Gasteiger partial charge in [-0.1, -0.05) is 30.3 Å². The van der Waals surface area contributed by atoms with Gasteiger partial charge < -0.3 is 24.4 Å². The molecule has 1 N–H and O–H groups in total. The zero-order chi connectivity index (χ0) is 24.7. The van der Waals surface area contributed by atoms with Crippen molar-refractivity contribution in [1.82, 2.24) is 10.2 Å². The van der Waals surface area contributed by atoms with Gasteiger partial charge in [0.05, 0.1) is 33.7 Å². The summed E-state index contributed by atoms with van der Waals surface area (Å²) < 4.78 is 16.4. The van der Waals surface area contributed by atoms with E-state index in [9.17, 15) is 9.59 Å². The minimum absolute atomic E-state index is 0.0471. The van der Waals surface area contributed by atoms with Crippen molar-refractivity contribution < 1.29 is 23.8 Å². The van der Waals surface area contributed by atoms with Gasteiger partial charge in [-0.15, -0.1) is 0 Å². The monoisotopic (exact) mass is 474 g/mol. The quantitative estimate of drug-likeness (QED) is 0.566. The first-order valence-corrected chi connectivity index (χ1v) is 11.8. The molecule has 0 radical (unpaired) electrons. The number of carbonyl (C=O) groups excluding carboxylic acids is 2. The van der Waals surface area contributed by atoms with Crippen molar-refractivity contribution in [3.05, 3.63) is 54.1 Å². The first-order chi connectivity index (χ1) is 17.0. The third kappa shape index (κ3) is 3.95. The Kier molecular flexibility index (Phi) is 6.01. The van der Waals surface area contributed by atoms with E-state index in [2.05, 4.69) is 35.6 Å². The van der Waals surface area contributed by atoms with Crippen LogP contribution in [0.2, 0.25) is 0 Å². The van der Waals surface area contributed by atoms with Gasteiger partial charge in [-0.3, -0.25) is 9.59 Å². The molecule has 3 fully saturated rings. The molecule has 0 spiro atoms. The van der Waals surface area contributed by atoms with Crippen LogP contribution in [-0.2, 0) is 16.0 Å². The van der Waals surface area contributed by atoms with Gasteiger partial charge in [0.25, 0.3) is 0 Å². The maximum absolute atomic E-state index is 13.0. The zero-order valence-corrected chi connectivity index (χ0v) is 20.5. The first-order valence-electron chi connectivity index (χ1n) is 11.8. The van der Waals surface area contributed by atoms with E-state index in [1.54, 1.807) is 28.4 Å². The number of methoxy groups -OCH3 is 3. The molecule has 3 aromatic rings. The van der Waals surface area contributed by atoms with E-state index >= 15 is 0 Å². The number of amides is 2. The van der Waals surface area contributed by atoms with Gasteiger partial charge >= 0.3 is 0 Å². The maximum atomic E-state index is 13.0. The average molecular weight is 475 g/mol. The number of nitrogens with zero attached hydrogens (tertiary/aromatic N) is 1. The van der Waals surface area contributed by atoms with Crippen LogP contribution in [0, 0.1) is 11.8 Å². The molecule has 3 atom stereocenters. The number of hydrogen-bond donors (Lipinski definition) is 1. The van der Waals surface area contributed by atoms with Crippen LogP contribution in [0.15, 0.2) is 48.5 Å². The van der Waals surface area contributed by atoms with Crippen LogP contribution in [-0.4, -0.2) is 57.7 Å². The minimum Gasteiger partial charge on any atom is -0.493 e. The SMILES string of the molecule is CNC(=O)C1C2CC1N(C(=O)Cc1ccc3cc(-c4cc(OC)c(OC)c(OC)c4)ccc3c1)C2. The molecule has 2 bridgehead atoms. The molecule has 1 saturated carbocycles. The molecule has 6 rings (SSSR count). The highest BCUT2D eigenvalue weighted by molar-refractivity contribution is 5.90. The normalized spacial score (nSPS) is 20.3. The van der Waals surface area contributed by atoms with E-state index < -0.39 is 0 Å². The standard InChI is InChI=1S/C28H30N2O5/c1-29-28(32)26-21-12-22(26)30(15-21)25(31)10-16-5-6-18-11-19(8-7-17(18)9-16)20-13-23(33-2)27(35-4)24(14-20)34-3/h5-9,11,13-14,21-22,26H,10,12,15H2,1-4H3,(H,29,32). The highest BCUT2D eigenvalue weighted by atomic mass is 16.5. The van der Waals surface area contributed by atoms with Crippen molar-refractivity contribution in [2.45, 2.75) is 18.9 Å². The number of benzene rings is 3. The molecule has 3 aliphatic rings. The topological polar surface area (TPSA) is 77.1 Å². The third-order valence-electron chi connectivity index (χ3n) is 7.43. The van der Waals surface area contributed by atoms with E-state index in [0.29, 0.717) is 36.1 Å². The van der Waals surface area contributed by atoms with E-state index in [-0.39, 0.29) is 23.8 Å². The summed E-state index contributed by atoms with van der Waals surface area (Å²) in [6, 6.07) is 16.3. The highest BCUT2D eigenvalue weighted by Crippen LogP contribution is 2.46. The number of fused-ring (bicyclic) bond motifs is 2.